The van der Waals surface area contributed by atoms with E-state index in [4.69, 9.17) is 21.1 Å². The van der Waals surface area contributed by atoms with Gasteiger partial charge in [0.05, 0.1) is 23.7 Å². The summed E-state index contributed by atoms with van der Waals surface area (Å²) in [6.07, 6.45) is -0.153. The number of benzene rings is 2. The maximum absolute atomic E-state index is 12.7. The monoisotopic (exact) mass is 373 g/mol. The van der Waals surface area contributed by atoms with Gasteiger partial charge in [0.1, 0.15) is 18.5 Å². The van der Waals surface area contributed by atoms with Crippen LogP contribution < -0.4 is 4.74 Å². The van der Waals surface area contributed by atoms with Gasteiger partial charge in [-0.15, -0.1) is 0 Å². The van der Waals surface area contributed by atoms with Gasteiger partial charge in [-0.1, -0.05) is 49.7 Å². The maximum Gasteiger partial charge on any atom is 0.255 e. The summed E-state index contributed by atoms with van der Waals surface area (Å²) in [5.41, 5.74) is 1.81. The van der Waals surface area contributed by atoms with Crippen molar-refractivity contribution in [3.05, 3.63) is 64.7 Å². The number of halogens is 1. The van der Waals surface area contributed by atoms with E-state index in [1.165, 1.54) is 5.56 Å². The summed E-state index contributed by atoms with van der Waals surface area (Å²) in [5, 5.41) is 0.474. The Hall–Kier alpha value is -2.04. The van der Waals surface area contributed by atoms with Crippen LogP contribution in [0.5, 0.6) is 5.75 Å². The zero-order valence-corrected chi connectivity index (χ0v) is 15.9. The Balaban J connectivity index is 1.57. The second-order valence-electron chi connectivity index (χ2n) is 6.76. The van der Waals surface area contributed by atoms with Gasteiger partial charge < -0.3 is 14.4 Å². The van der Waals surface area contributed by atoms with E-state index in [-0.39, 0.29) is 12.0 Å². The molecule has 1 saturated heterocycles. The molecule has 1 unspecified atom stereocenters. The van der Waals surface area contributed by atoms with E-state index in [9.17, 15) is 4.79 Å². The molecule has 1 fully saturated rings. The predicted octanol–water partition coefficient (Wildman–Crippen LogP) is 4.38. The molecule has 0 aromatic heterocycles. The highest BCUT2D eigenvalue weighted by molar-refractivity contribution is 6.33. The van der Waals surface area contributed by atoms with E-state index in [1.807, 2.05) is 24.3 Å². The highest BCUT2D eigenvalue weighted by Gasteiger charge is 2.26. The molecule has 138 valence electrons. The molecule has 1 heterocycles. The lowest BCUT2D eigenvalue weighted by Crippen LogP contribution is -2.47. The molecule has 0 saturated carbocycles. The third kappa shape index (κ3) is 4.57. The first-order valence-electron chi connectivity index (χ1n) is 8.92. The van der Waals surface area contributed by atoms with Crippen molar-refractivity contribution in [2.45, 2.75) is 25.9 Å². The number of hydrogen-bond donors (Lipinski definition) is 0. The maximum atomic E-state index is 12.7. The number of carbonyl (C=O) groups is 1. The summed E-state index contributed by atoms with van der Waals surface area (Å²) in [6.45, 7) is 6.29. The molecular formula is C21H24ClNO3. The quantitative estimate of drug-likeness (QED) is 0.780. The minimum Gasteiger partial charge on any atom is -0.491 e. The molecule has 2 aromatic carbocycles. The number of carbonyl (C=O) groups excluding carboxylic acids is 1. The molecule has 0 bridgehead atoms. The summed E-state index contributed by atoms with van der Waals surface area (Å²) in [7, 11) is 0. The number of rotatable bonds is 5. The van der Waals surface area contributed by atoms with Crippen molar-refractivity contribution in [3.63, 3.8) is 0 Å². The number of ether oxygens (including phenoxy) is 2. The molecule has 1 amide bonds. The Bertz CT molecular complexity index is 745. The molecule has 5 heteroatoms. The van der Waals surface area contributed by atoms with Gasteiger partial charge in [0, 0.05) is 6.54 Å². The molecule has 2 aromatic rings. The van der Waals surface area contributed by atoms with Crippen molar-refractivity contribution in [1.29, 1.82) is 0 Å². The second-order valence-corrected chi connectivity index (χ2v) is 7.17. The summed E-state index contributed by atoms with van der Waals surface area (Å²) >= 11 is 6.15. The van der Waals surface area contributed by atoms with Crippen LogP contribution in [0.3, 0.4) is 0 Å². The largest absolute Gasteiger partial charge is 0.491 e. The Labute approximate surface area is 159 Å². The van der Waals surface area contributed by atoms with E-state index in [2.05, 4.69) is 26.0 Å². The molecule has 0 aliphatic carbocycles. The average Bonchev–Trinajstić information content (AvgIpc) is 2.67. The topological polar surface area (TPSA) is 38.8 Å². The highest BCUT2D eigenvalue weighted by atomic mass is 35.5. The first kappa shape index (κ1) is 18.7. The number of hydrogen-bond acceptors (Lipinski definition) is 3. The molecule has 3 rings (SSSR count). The van der Waals surface area contributed by atoms with Crippen molar-refractivity contribution < 1.29 is 14.3 Å². The minimum atomic E-state index is -0.153. The van der Waals surface area contributed by atoms with E-state index >= 15 is 0 Å². The molecule has 0 spiro atoms. The van der Waals surface area contributed by atoms with Crippen molar-refractivity contribution in [2.24, 2.45) is 0 Å². The normalized spacial score (nSPS) is 17.4. The highest BCUT2D eigenvalue weighted by Crippen LogP contribution is 2.21. The van der Waals surface area contributed by atoms with Gasteiger partial charge in [0.15, 0.2) is 0 Å². The first-order chi connectivity index (χ1) is 12.5. The summed E-state index contributed by atoms with van der Waals surface area (Å²) in [4.78, 5) is 14.5. The summed E-state index contributed by atoms with van der Waals surface area (Å²) in [5.74, 6) is 1.24. The van der Waals surface area contributed by atoms with Gasteiger partial charge in [0.2, 0.25) is 0 Å². The van der Waals surface area contributed by atoms with Gasteiger partial charge in [-0.05, 0) is 35.7 Å². The van der Waals surface area contributed by atoms with Crippen molar-refractivity contribution in [2.75, 3.05) is 26.3 Å². The van der Waals surface area contributed by atoms with Crippen LogP contribution in [-0.4, -0.2) is 43.2 Å². The Morgan fingerprint density at radius 2 is 1.96 bits per heavy atom. The fraction of sp³-hybridized carbons (Fsp3) is 0.381. The van der Waals surface area contributed by atoms with Crippen molar-refractivity contribution in [3.8, 4) is 5.75 Å². The lowest BCUT2D eigenvalue weighted by atomic mass is 10.0. The number of nitrogens with zero attached hydrogens (tertiary/aromatic N) is 1. The molecule has 4 nitrogen and oxygen atoms in total. The van der Waals surface area contributed by atoms with Crippen molar-refractivity contribution >= 4 is 17.5 Å². The molecule has 26 heavy (non-hydrogen) atoms. The molecule has 1 atom stereocenters. The first-order valence-corrected chi connectivity index (χ1v) is 9.30. The van der Waals surface area contributed by atoms with Crippen molar-refractivity contribution in [1.82, 2.24) is 4.90 Å². The van der Waals surface area contributed by atoms with Crippen LogP contribution in [0.15, 0.2) is 48.5 Å². The number of morpholine rings is 1. The lowest BCUT2D eigenvalue weighted by molar-refractivity contribution is -0.0401. The fourth-order valence-corrected chi connectivity index (χ4v) is 3.16. The molecule has 0 radical (unpaired) electrons. The summed E-state index contributed by atoms with van der Waals surface area (Å²) < 4.78 is 11.6. The second kappa shape index (κ2) is 8.56. The van der Waals surface area contributed by atoms with E-state index in [0.717, 1.165) is 5.75 Å². The third-order valence-electron chi connectivity index (χ3n) is 4.51. The minimum absolute atomic E-state index is 0.0646. The van der Waals surface area contributed by atoms with Gasteiger partial charge in [-0.2, -0.15) is 0 Å². The Morgan fingerprint density at radius 3 is 2.65 bits per heavy atom. The van der Waals surface area contributed by atoms with Gasteiger partial charge in [-0.25, -0.2) is 0 Å². The summed E-state index contributed by atoms with van der Waals surface area (Å²) in [6, 6.07) is 15.2. The number of amides is 1. The van der Waals surface area contributed by atoms with Crippen LogP contribution in [0.25, 0.3) is 0 Å². The van der Waals surface area contributed by atoms with E-state index < -0.39 is 0 Å². The smallest absolute Gasteiger partial charge is 0.255 e. The van der Waals surface area contributed by atoms with E-state index in [1.54, 1.807) is 17.0 Å². The molecule has 1 aliphatic rings. The van der Waals surface area contributed by atoms with Gasteiger partial charge >= 0.3 is 0 Å². The molecule has 0 N–H and O–H groups in total. The van der Waals surface area contributed by atoms with Crippen LogP contribution in [0, 0.1) is 0 Å². The molecular weight excluding hydrogens is 350 g/mol. The van der Waals surface area contributed by atoms with Gasteiger partial charge in [-0.3, -0.25) is 4.79 Å². The molecule has 1 aliphatic heterocycles. The standard InChI is InChI=1S/C21H24ClNO3/c1-15(2)16-7-9-17(10-8-16)26-14-18-13-23(11-12-25-18)21(24)19-5-3-4-6-20(19)22/h3-10,15,18H,11-14H2,1-2H3. The average molecular weight is 374 g/mol. The SMILES string of the molecule is CC(C)c1ccc(OCC2CN(C(=O)c3ccccc3Cl)CCO2)cc1. The van der Waals surface area contributed by atoms with Crippen LogP contribution in [0.4, 0.5) is 0 Å². The van der Waals surface area contributed by atoms with Crippen LogP contribution >= 0.6 is 11.6 Å². The van der Waals surface area contributed by atoms with E-state index in [0.29, 0.717) is 42.8 Å². The van der Waals surface area contributed by atoms with Crippen LogP contribution in [0.2, 0.25) is 5.02 Å². The Kier molecular flexibility index (Phi) is 6.17. The third-order valence-corrected chi connectivity index (χ3v) is 4.84. The van der Waals surface area contributed by atoms with Gasteiger partial charge in [0.25, 0.3) is 5.91 Å². The Morgan fingerprint density at radius 1 is 1.23 bits per heavy atom. The predicted molar refractivity (Wildman–Crippen MR) is 103 cm³/mol. The lowest BCUT2D eigenvalue weighted by Gasteiger charge is -2.33. The zero-order chi connectivity index (χ0) is 18.5. The van der Waals surface area contributed by atoms with Crippen LogP contribution in [0.1, 0.15) is 35.7 Å². The zero-order valence-electron chi connectivity index (χ0n) is 15.2. The fourth-order valence-electron chi connectivity index (χ4n) is 2.95. The van der Waals surface area contributed by atoms with Crippen LogP contribution in [-0.2, 0) is 4.74 Å².